The Kier molecular flexibility index (Phi) is 7.02. The van der Waals surface area contributed by atoms with Crippen LogP contribution < -0.4 is 25.2 Å². The third-order valence-corrected chi connectivity index (χ3v) is 11.1. The summed E-state index contributed by atoms with van der Waals surface area (Å²) >= 11 is 3.42. The number of alkyl halides is 1. The average Bonchev–Trinajstić information content (AvgIpc) is 3.65. The van der Waals surface area contributed by atoms with Crippen molar-refractivity contribution in [1.82, 2.24) is 25.5 Å². The number of carbonyl (C=O) groups is 2. The molecule has 11 nitrogen and oxygen atoms in total. The lowest BCUT2D eigenvalue weighted by atomic mass is 9.88. The molecule has 1 spiro atoms. The van der Waals surface area contributed by atoms with E-state index >= 15 is 0 Å². The Hall–Kier alpha value is -3.78. The Balaban J connectivity index is 1.17. The lowest BCUT2D eigenvalue weighted by Crippen LogP contribution is -2.59. The van der Waals surface area contributed by atoms with Gasteiger partial charge in [-0.25, -0.2) is 13.6 Å². The van der Waals surface area contributed by atoms with Crippen molar-refractivity contribution in [3.63, 3.8) is 0 Å². The normalized spacial score (nSPS) is 27.7. The molecular weight excluding hydrogens is 664 g/mol. The first kappa shape index (κ1) is 29.6. The van der Waals surface area contributed by atoms with Crippen molar-refractivity contribution in [3.8, 4) is 11.8 Å². The molecule has 0 aliphatic carbocycles. The number of amides is 3. The molecule has 4 fully saturated rings. The number of aromatic hydroxyl groups is 1. The number of nitrogens with zero attached hydrogens (tertiary/aromatic N) is 5. The Labute approximate surface area is 272 Å². The highest BCUT2D eigenvalue weighted by molar-refractivity contribution is 9.10. The molecule has 1 unspecified atom stereocenters. The van der Waals surface area contributed by atoms with Crippen LogP contribution in [0.3, 0.4) is 0 Å². The predicted octanol–water partition coefficient (Wildman–Crippen LogP) is 3.93. The number of aromatic nitrogens is 2. The lowest BCUT2D eigenvalue weighted by Gasteiger charge is -2.40. The Morgan fingerprint density at radius 3 is 2.78 bits per heavy atom. The van der Waals surface area contributed by atoms with Gasteiger partial charge in [-0.1, -0.05) is 6.07 Å². The van der Waals surface area contributed by atoms with Gasteiger partial charge in [-0.2, -0.15) is 9.97 Å². The van der Waals surface area contributed by atoms with Gasteiger partial charge in [-0.3, -0.25) is 15.0 Å². The molecule has 6 heterocycles. The molecule has 8 rings (SSSR count). The number of fused-ring (bicyclic) bond motifs is 3. The molecule has 4 saturated heterocycles. The van der Waals surface area contributed by atoms with Crippen molar-refractivity contribution >= 4 is 50.1 Å². The molecule has 46 heavy (non-hydrogen) atoms. The minimum absolute atomic E-state index is 0.0674. The third-order valence-electron chi connectivity index (χ3n) is 10.4. The summed E-state index contributed by atoms with van der Waals surface area (Å²) in [4.78, 5) is 41.1. The number of carbonyl (C=O) groups excluding carboxylic acids is 2. The minimum atomic E-state index is -1.05. The molecule has 2 aromatic carbocycles. The van der Waals surface area contributed by atoms with Gasteiger partial charge in [0, 0.05) is 48.8 Å². The zero-order chi connectivity index (χ0) is 31.8. The fourth-order valence-corrected chi connectivity index (χ4v) is 8.79. The van der Waals surface area contributed by atoms with Crippen LogP contribution in [0.1, 0.15) is 43.4 Å². The third kappa shape index (κ3) is 4.83. The highest BCUT2D eigenvalue weighted by Crippen LogP contribution is 2.42. The van der Waals surface area contributed by atoms with Crippen molar-refractivity contribution in [2.45, 2.75) is 62.3 Å². The van der Waals surface area contributed by atoms with Gasteiger partial charge in [0.25, 0.3) is 5.91 Å². The van der Waals surface area contributed by atoms with E-state index in [0.29, 0.717) is 84.3 Å². The summed E-state index contributed by atoms with van der Waals surface area (Å²) in [7, 11) is 0. The van der Waals surface area contributed by atoms with E-state index in [2.05, 4.69) is 36.4 Å². The van der Waals surface area contributed by atoms with E-state index in [-0.39, 0.29) is 36.4 Å². The molecule has 5 aliphatic rings. The monoisotopic (exact) mass is 697 g/mol. The first-order valence-electron chi connectivity index (χ1n) is 15.8. The number of halogens is 3. The molecule has 5 aliphatic heterocycles. The first-order chi connectivity index (χ1) is 22.1. The van der Waals surface area contributed by atoms with E-state index in [9.17, 15) is 23.5 Å². The van der Waals surface area contributed by atoms with E-state index in [4.69, 9.17) is 14.7 Å². The van der Waals surface area contributed by atoms with Gasteiger partial charge in [0.15, 0.2) is 0 Å². The predicted molar refractivity (Wildman–Crippen MR) is 169 cm³/mol. The lowest BCUT2D eigenvalue weighted by molar-refractivity contribution is -0.124. The van der Waals surface area contributed by atoms with E-state index in [1.165, 1.54) is 6.07 Å². The van der Waals surface area contributed by atoms with Crippen molar-refractivity contribution in [3.05, 3.63) is 45.8 Å². The van der Waals surface area contributed by atoms with Gasteiger partial charge in [0.05, 0.1) is 28.8 Å². The molecular formula is C32H34BrF2N7O4. The van der Waals surface area contributed by atoms with Crippen LogP contribution in [0.4, 0.5) is 25.1 Å². The molecule has 242 valence electrons. The Bertz CT molecular complexity index is 1780. The van der Waals surface area contributed by atoms with Gasteiger partial charge in [0.2, 0.25) is 0 Å². The quantitative estimate of drug-likeness (QED) is 0.341. The summed E-state index contributed by atoms with van der Waals surface area (Å²) in [6, 6.07) is 5.92. The van der Waals surface area contributed by atoms with Crippen molar-refractivity contribution in [1.29, 1.82) is 0 Å². The van der Waals surface area contributed by atoms with Gasteiger partial charge >= 0.3 is 12.0 Å². The summed E-state index contributed by atoms with van der Waals surface area (Å²) in [5, 5.41) is 17.2. The number of anilines is 2. The summed E-state index contributed by atoms with van der Waals surface area (Å²) in [5.74, 6) is -0.0280. The molecule has 0 radical (unpaired) electrons. The summed E-state index contributed by atoms with van der Waals surface area (Å²) in [6.45, 7) is 3.27. The molecule has 3 atom stereocenters. The van der Waals surface area contributed by atoms with E-state index in [0.717, 1.165) is 24.9 Å². The van der Waals surface area contributed by atoms with Gasteiger partial charge in [-0.05, 0) is 72.1 Å². The first-order valence-corrected chi connectivity index (χ1v) is 16.6. The summed E-state index contributed by atoms with van der Waals surface area (Å²) < 4.78 is 35.9. The molecule has 0 bridgehead atoms. The maximum absolute atomic E-state index is 14.7. The second-order valence-electron chi connectivity index (χ2n) is 13.2. The average molecular weight is 699 g/mol. The number of urea groups is 1. The number of piperidine rings is 1. The fourth-order valence-electron chi connectivity index (χ4n) is 8.23. The SMILES string of the molecule is O=C1NC(=O)C2(CCCN(c3nc(OC[C@@]45CCCN4C[C@H](F)C5)nc4c3CCN(c3cc(O)cc5ccc(F)c(Br)c35)C4)C2)N1. The molecule has 1 aromatic heterocycles. The Morgan fingerprint density at radius 2 is 1.96 bits per heavy atom. The molecule has 3 N–H and O–H groups in total. The van der Waals surface area contributed by atoms with E-state index < -0.39 is 23.6 Å². The van der Waals surface area contributed by atoms with Gasteiger partial charge in [-0.15, -0.1) is 0 Å². The smallest absolute Gasteiger partial charge is 0.322 e. The number of ether oxygens (including phenoxy) is 1. The van der Waals surface area contributed by atoms with Crippen LogP contribution in [0, 0.1) is 5.82 Å². The van der Waals surface area contributed by atoms with Crippen LogP contribution in [0.5, 0.6) is 11.8 Å². The zero-order valence-corrected chi connectivity index (χ0v) is 26.7. The standard InChI is InChI=1S/C32H34BrF2N7O4/c33-26-22(35)4-3-18-11-20(43)12-24(25(18)26)40-10-5-21-23(15-40)36-30(46-17-31-6-1-9-42(31)14-19(34)13-31)37-27(21)41-8-2-7-32(16-41)28(44)38-29(45)39-32/h3-4,11-12,19,43H,1-2,5-10,13-17H2,(H2,38,39,44,45)/t19-,31+,32?/m1/s1. The zero-order valence-electron chi connectivity index (χ0n) is 25.1. The fraction of sp³-hybridized carbons (Fsp3) is 0.500. The second-order valence-corrected chi connectivity index (χ2v) is 14.0. The van der Waals surface area contributed by atoms with Crippen LogP contribution in [0.25, 0.3) is 10.8 Å². The largest absolute Gasteiger partial charge is 0.508 e. The van der Waals surface area contributed by atoms with E-state index in [1.807, 2.05) is 4.90 Å². The van der Waals surface area contributed by atoms with Gasteiger partial charge < -0.3 is 25.0 Å². The van der Waals surface area contributed by atoms with Crippen LogP contribution >= 0.6 is 15.9 Å². The number of phenols is 1. The Morgan fingerprint density at radius 1 is 1.11 bits per heavy atom. The number of nitrogens with one attached hydrogen (secondary N) is 2. The number of hydrogen-bond donors (Lipinski definition) is 3. The number of imide groups is 1. The number of benzene rings is 2. The topological polar surface area (TPSA) is 123 Å². The molecule has 3 aromatic rings. The second kappa shape index (κ2) is 10.9. The highest BCUT2D eigenvalue weighted by atomic mass is 79.9. The maximum Gasteiger partial charge on any atom is 0.322 e. The maximum atomic E-state index is 14.7. The summed E-state index contributed by atoms with van der Waals surface area (Å²) in [5.41, 5.74) is 0.853. The van der Waals surface area contributed by atoms with Gasteiger partial charge in [0.1, 0.15) is 35.7 Å². The molecule has 14 heteroatoms. The number of phenolic OH excluding ortho intramolecular Hbond substituents is 1. The molecule has 0 saturated carbocycles. The minimum Gasteiger partial charge on any atom is -0.508 e. The van der Waals surface area contributed by atoms with Crippen molar-refractivity contribution < 1.29 is 28.2 Å². The number of hydrogen-bond acceptors (Lipinski definition) is 9. The molecule has 3 amide bonds. The highest BCUT2D eigenvalue weighted by Gasteiger charge is 2.51. The van der Waals surface area contributed by atoms with Crippen LogP contribution in [-0.4, -0.2) is 88.5 Å². The number of rotatable bonds is 5. The van der Waals surface area contributed by atoms with Crippen molar-refractivity contribution in [2.24, 2.45) is 0 Å². The van der Waals surface area contributed by atoms with E-state index in [1.54, 1.807) is 18.2 Å². The van der Waals surface area contributed by atoms with Crippen LogP contribution in [0.2, 0.25) is 0 Å². The van der Waals surface area contributed by atoms with Crippen LogP contribution in [0.15, 0.2) is 28.7 Å². The van der Waals surface area contributed by atoms with Crippen molar-refractivity contribution in [2.75, 3.05) is 49.1 Å². The van der Waals surface area contributed by atoms with Crippen LogP contribution in [-0.2, 0) is 17.8 Å². The summed E-state index contributed by atoms with van der Waals surface area (Å²) in [6.07, 6.45) is 3.08.